The van der Waals surface area contributed by atoms with Crippen LogP contribution in [0.5, 0.6) is 0 Å². The van der Waals surface area contributed by atoms with Gasteiger partial charge in [0, 0.05) is 15.5 Å². The van der Waals surface area contributed by atoms with Gasteiger partial charge in [-0.3, -0.25) is 4.79 Å². The monoisotopic (exact) mass is 335 g/mol. The molecule has 0 radical (unpaired) electrons. The summed E-state index contributed by atoms with van der Waals surface area (Å²) in [6.45, 7) is 3.97. The molecule has 1 aliphatic carbocycles. The van der Waals surface area contributed by atoms with E-state index in [1.54, 1.807) is 11.3 Å². The van der Waals surface area contributed by atoms with Crippen molar-refractivity contribution in [2.45, 2.75) is 38.3 Å². The van der Waals surface area contributed by atoms with Gasteiger partial charge in [-0.05, 0) is 38.8 Å². The fourth-order valence-electron chi connectivity index (χ4n) is 2.24. The zero-order chi connectivity index (χ0) is 15.9. The van der Waals surface area contributed by atoms with Gasteiger partial charge in [-0.25, -0.2) is 4.98 Å². The molecule has 4 nitrogen and oxygen atoms in total. The minimum Gasteiger partial charge on any atom is -0.346 e. The highest BCUT2D eigenvalue weighted by Crippen LogP contribution is 2.34. The van der Waals surface area contributed by atoms with E-state index in [1.165, 1.54) is 0 Å². The van der Waals surface area contributed by atoms with E-state index in [0.29, 0.717) is 5.02 Å². The maximum atomic E-state index is 12.0. The van der Waals surface area contributed by atoms with E-state index < -0.39 is 5.54 Å². The summed E-state index contributed by atoms with van der Waals surface area (Å²) < 4.78 is 0. The average molecular weight is 336 g/mol. The third kappa shape index (κ3) is 3.02. The first-order valence-corrected chi connectivity index (χ1v) is 8.41. The number of nitrogens with two attached hydrogens (primary N) is 1. The van der Waals surface area contributed by atoms with Crippen LogP contribution in [-0.4, -0.2) is 16.4 Å². The normalized spacial score (nSPS) is 17.1. The first-order valence-electron chi connectivity index (χ1n) is 7.22. The third-order valence-corrected chi connectivity index (χ3v) is 5.30. The predicted molar refractivity (Wildman–Crippen MR) is 90.0 cm³/mol. The molecule has 1 aromatic heterocycles. The first kappa shape index (κ1) is 15.5. The molecule has 1 amide bonds. The van der Waals surface area contributed by atoms with Gasteiger partial charge in [0.2, 0.25) is 5.91 Å². The van der Waals surface area contributed by atoms with Crippen LogP contribution in [0, 0.1) is 6.92 Å². The van der Waals surface area contributed by atoms with Crippen LogP contribution in [0.25, 0.3) is 11.3 Å². The number of benzene rings is 1. The Hall–Kier alpha value is -1.43. The molecule has 0 spiro atoms. The Morgan fingerprint density at radius 1 is 1.41 bits per heavy atom. The summed E-state index contributed by atoms with van der Waals surface area (Å²) in [7, 11) is 0. The van der Waals surface area contributed by atoms with Crippen molar-refractivity contribution in [3.05, 3.63) is 39.2 Å². The van der Waals surface area contributed by atoms with E-state index >= 15 is 0 Å². The van der Waals surface area contributed by atoms with Crippen molar-refractivity contribution in [2.75, 3.05) is 0 Å². The number of nitrogens with one attached hydrogen (secondary N) is 1. The lowest BCUT2D eigenvalue weighted by atomic mass is 10.1. The molecule has 1 unspecified atom stereocenters. The van der Waals surface area contributed by atoms with Gasteiger partial charge >= 0.3 is 0 Å². The molecule has 116 valence electrons. The van der Waals surface area contributed by atoms with Crippen LogP contribution >= 0.6 is 22.9 Å². The Balaban J connectivity index is 1.79. The molecule has 22 heavy (non-hydrogen) atoms. The van der Waals surface area contributed by atoms with Crippen molar-refractivity contribution in [3.8, 4) is 11.3 Å². The molecule has 0 bridgehead atoms. The maximum Gasteiger partial charge on any atom is 0.240 e. The van der Waals surface area contributed by atoms with E-state index in [4.69, 9.17) is 17.3 Å². The molecule has 0 aliphatic heterocycles. The van der Waals surface area contributed by atoms with Crippen molar-refractivity contribution >= 4 is 28.8 Å². The summed E-state index contributed by atoms with van der Waals surface area (Å²) in [6, 6.07) is 7.48. The molecular formula is C16H18ClN3OS. The number of carbonyl (C=O) groups is 1. The Bertz CT molecular complexity index is 707. The van der Waals surface area contributed by atoms with Crippen LogP contribution in [0.1, 0.15) is 35.7 Å². The Kier molecular flexibility index (Phi) is 3.97. The predicted octanol–water partition coefficient (Wildman–Crippen LogP) is 3.44. The van der Waals surface area contributed by atoms with E-state index in [1.807, 2.05) is 38.1 Å². The molecule has 1 atom stereocenters. The Labute approximate surface area is 138 Å². The van der Waals surface area contributed by atoms with Crippen LogP contribution < -0.4 is 11.1 Å². The minimum absolute atomic E-state index is 0.0825. The fourth-order valence-corrected chi connectivity index (χ4v) is 3.31. The zero-order valence-electron chi connectivity index (χ0n) is 12.5. The lowest BCUT2D eigenvalue weighted by molar-refractivity contribution is -0.123. The summed E-state index contributed by atoms with van der Waals surface area (Å²) in [5.74, 6) is -0.0825. The van der Waals surface area contributed by atoms with Crippen molar-refractivity contribution in [1.29, 1.82) is 0 Å². The molecule has 2 aromatic rings. The van der Waals surface area contributed by atoms with Crippen LogP contribution in [0.2, 0.25) is 5.02 Å². The molecule has 3 N–H and O–H groups in total. The van der Waals surface area contributed by atoms with E-state index in [9.17, 15) is 4.79 Å². The lowest BCUT2D eigenvalue weighted by Gasteiger charge is -2.14. The minimum atomic E-state index is -0.653. The third-order valence-electron chi connectivity index (χ3n) is 3.89. The summed E-state index contributed by atoms with van der Waals surface area (Å²) in [5, 5.41) is 4.56. The summed E-state index contributed by atoms with van der Waals surface area (Å²) in [4.78, 5) is 17.8. The van der Waals surface area contributed by atoms with Gasteiger partial charge in [0.1, 0.15) is 5.01 Å². The Morgan fingerprint density at radius 3 is 2.64 bits per heavy atom. The van der Waals surface area contributed by atoms with Gasteiger partial charge in [0.05, 0.1) is 17.3 Å². The number of thiazole rings is 1. The zero-order valence-corrected chi connectivity index (χ0v) is 14.1. The van der Waals surface area contributed by atoms with Crippen molar-refractivity contribution in [2.24, 2.45) is 5.73 Å². The Morgan fingerprint density at radius 2 is 2.05 bits per heavy atom. The van der Waals surface area contributed by atoms with Gasteiger partial charge in [-0.2, -0.15) is 0 Å². The smallest absolute Gasteiger partial charge is 0.240 e. The fraction of sp³-hybridized carbons (Fsp3) is 0.375. The molecule has 3 rings (SSSR count). The number of aromatic nitrogens is 1. The number of rotatable bonds is 4. The molecule has 1 heterocycles. The van der Waals surface area contributed by atoms with Gasteiger partial charge in [0.15, 0.2) is 0 Å². The summed E-state index contributed by atoms with van der Waals surface area (Å²) in [6.07, 6.45) is 1.52. The number of hydrogen-bond acceptors (Lipinski definition) is 4. The number of nitrogens with zero attached hydrogens (tertiary/aromatic N) is 1. The standard InChI is InChI=1S/C16H18ClN3OS/c1-9(19-15(21)16(18)7-8-16)14-20-13(10(2)22-14)11-3-5-12(17)6-4-11/h3-6,9H,7-8,18H2,1-2H3,(H,19,21). The van der Waals surface area contributed by atoms with Gasteiger partial charge in [0.25, 0.3) is 0 Å². The molecular weight excluding hydrogens is 318 g/mol. The highest BCUT2D eigenvalue weighted by molar-refractivity contribution is 7.12. The molecule has 6 heteroatoms. The SMILES string of the molecule is Cc1sc(C(C)NC(=O)C2(N)CC2)nc1-c1ccc(Cl)cc1. The second kappa shape index (κ2) is 5.65. The van der Waals surface area contributed by atoms with Crippen molar-refractivity contribution in [3.63, 3.8) is 0 Å². The van der Waals surface area contributed by atoms with Gasteiger partial charge in [-0.1, -0.05) is 23.7 Å². The van der Waals surface area contributed by atoms with Crippen LogP contribution in [0.15, 0.2) is 24.3 Å². The second-order valence-corrected chi connectivity index (χ2v) is 7.49. The largest absolute Gasteiger partial charge is 0.346 e. The summed E-state index contributed by atoms with van der Waals surface area (Å²) in [5.41, 5.74) is 7.23. The lowest BCUT2D eigenvalue weighted by Crippen LogP contribution is -2.43. The van der Waals surface area contributed by atoms with Gasteiger partial charge in [-0.15, -0.1) is 11.3 Å². The number of amides is 1. The van der Waals surface area contributed by atoms with Crippen LogP contribution in [-0.2, 0) is 4.79 Å². The quantitative estimate of drug-likeness (QED) is 0.899. The van der Waals surface area contributed by atoms with Crippen LogP contribution in [0.3, 0.4) is 0 Å². The number of hydrogen-bond donors (Lipinski definition) is 2. The van der Waals surface area contributed by atoms with E-state index in [2.05, 4.69) is 10.3 Å². The molecule has 1 aromatic carbocycles. The average Bonchev–Trinajstić information content (AvgIpc) is 3.11. The van der Waals surface area contributed by atoms with E-state index in [0.717, 1.165) is 34.0 Å². The number of halogens is 1. The topological polar surface area (TPSA) is 68.0 Å². The molecule has 1 aliphatic rings. The second-order valence-electron chi connectivity index (χ2n) is 5.82. The molecule has 0 saturated heterocycles. The van der Waals surface area contributed by atoms with Crippen molar-refractivity contribution < 1.29 is 4.79 Å². The number of carbonyl (C=O) groups excluding carboxylic acids is 1. The van der Waals surface area contributed by atoms with Crippen LogP contribution in [0.4, 0.5) is 0 Å². The first-order chi connectivity index (χ1) is 10.4. The summed E-state index contributed by atoms with van der Waals surface area (Å²) >= 11 is 7.52. The highest BCUT2D eigenvalue weighted by Gasteiger charge is 2.46. The highest BCUT2D eigenvalue weighted by atomic mass is 35.5. The van der Waals surface area contributed by atoms with Crippen molar-refractivity contribution in [1.82, 2.24) is 10.3 Å². The molecule has 1 saturated carbocycles. The molecule has 1 fully saturated rings. The van der Waals surface area contributed by atoms with E-state index in [-0.39, 0.29) is 11.9 Å². The number of aryl methyl sites for hydroxylation is 1. The van der Waals surface area contributed by atoms with Gasteiger partial charge < -0.3 is 11.1 Å². The maximum absolute atomic E-state index is 12.0.